The van der Waals surface area contributed by atoms with Gasteiger partial charge in [-0.05, 0) is 78.0 Å². The summed E-state index contributed by atoms with van der Waals surface area (Å²) in [6, 6.07) is 11.2. The largest absolute Gasteiger partial charge is 0.264 e. The van der Waals surface area contributed by atoms with Crippen molar-refractivity contribution in [3.05, 3.63) is 71.1 Å². The molecule has 0 bridgehead atoms. The summed E-state index contributed by atoms with van der Waals surface area (Å²) in [7, 11) is 0. The third-order valence-electron chi connectivity index (χ3n) is 5.34. The summed E-state index contributed by atoms with van der Waals surface area (Å²) < 4.78 is 0. The van der Waals surface area contributed by atoms with Gasteiger partial charge in [-0.25, -0.2) is 0 Å². The van der Waals surface area contributed by atoms with Gasteiger partial charge in [0, 0.05) is 12.4 Å². The number of hydrogen-bond acceptors (Lipinski definition) is 2. The molecule has 1 unspecified atom stereocenters. The van der Waals surface area contributed by atoms with Crippen molar-refractivity contribution in [1.82, 2.24) is 4.98 Å². The van der Waals surface area contributed by atoms with Crippen LogP contribution in [0.15, 0.2) is 59.3 Å². The summed E-state index contributed by atoms with van der Waals surface area (Å²) in [6.07, 6.45) is 13.9. The molecule has 0 spiro atoms. The van der Waals surface area contributed by atoms with Gasteiger partial charge in [0.2, 0.25) is 5.99 Å². The summed E-state index contributed by atoms with van der Waals surface area (Å²) in [4.78, 5) is 5.73. The summed E-state index contributed by atoms with van der Waals surface area (Å²) in [5.74, 6) is 1.53. The lowest BCUT2D eigenvalue weighted by Crippen LogP contribution is -2.13. The van der Waals surface area contributed by atoms with Gasteiger partial charge in [-0.15, -0.1) is 0 Å². The predicted molar refractivity (Wildman–Crippen MR) is 105 cm³/mol. The molecule has 0 amide bonds. The fraction of sp³-hybridized carbons (Fsp3) is 0.381. The summed E-state index contributed by atoms with van der Waals surface area (Å²) in [6.45, 7) is 2.41. The fourth-order valence-corrected chi connectivity index (χ4v) is 5.32. The van der Waals surface area contributed by atoms with E-state index in [0.29, 0.717) is 0 Å². The Balaban J connectivity index is 1.44. The standard InChI is InChI=1S/C21H24BNS/c1-16-5-2-3-7-19(16)13-22-14-20-12-17(8-9-21(20)24-22)11-18-6-4-10-23-15-18/h4,6-10,12,15-16H,2-3,5,11,13-14H2,1H3. The van der Waals surface area contributed by atoms with Gasteiger partial charge in [0.15, 0.2) is 0 Å². The molecule has 2 aliphatic rings. The molecule has 1 nitrogen and oxygen atoms in total. The molecule has 0 N–H and O–H groups in total. The number of fused-ring (bicyclic) bond motifs is 1. The first-order chi connectivity index (χ1) is 11.8. The number of hydrogen-bond donors (Lipinski definition) is 0. The second-order valence-electron chi connectivity index (χ2n) is 7.24. The van der Waals surface area contributed by atoms with E-state index in [2.05, 4.69) is 53.9 Å². The average molecular weight is 333 g/mol. The first-order valence-electron chi connectivity index (χ1n) is 9.14. The smallest absolute Gasteiger partial charge is 0.224 e. The minimum atomic E-state index is 0.737. The van der Waals surface area contributed by atoms with Crippen LogP contribution in [-0.2, 0) is 12.7 Å². The number of rotatable bonds is 4. The van der Waals surface area contributed by atoms with Crippen LogP contribution >= 0.6 is 11.6 Å². The predicted octanol–water partition coefficient (Wildman–Crippen LogP) is 5.60. The molecule has 122 valence electrons. The van der Waals surface area contributed by atoms with E-state index in [0.717, 1.165) is 18.3 Å². The Morgan fingerprint density at radius 2 is 2.21 bits per heavy atom. The Hall–Kier alpha value is -1.48. The van der Waals surface area contributed by atoms with Crippen molar-refractivity contribution in [2.75, 3.05) is 0 Å². The number of allylic oxidation sites excluding steroid dienone is 2. The molecule has 1 aliphatic heterocycles. The van der Waals surface area contributed by atoms with Crippen molar-refractivity contribution in [1.29, 1.82) is 0 Å². The highest BCUT2D eigenvalue weighted by atomic mass is 32.2. The second-order valence-corrected chi connectivity index (χ2v) is 8.58. The van der Waals surface area contributed by atoms with Crippen molar-refractivity contribution in [2.45, 2.75) is 50.1 Å². The molecule has 1 aromatic heterocycles. The van der Waals surface area contributed by atoms with Gasteiger partial charge in [0.05, 0.1) is 0 Å². The van der Waals surface area contributed by atoms with E-state index in [1.807, 2.05) is 18.5 Å². The molecule has 24 heavy (non-hydrogen) atoms. The van der Waals surface area contributed by atoms with Crippen LogP contribution in [0.1, 0.15) is 42.9 Å². The van der Waals surface area contributed by atoms with E-state index in [1.165, 1.54) is 47.9 Å². The molecule has 3 heteroatoms. The fourth-order valence-electron chi connectivity index (χ4n) is 3.98. The van der Waals surface area contributed by atoms with Crippen molar-refractivity contribution in [3.63, 3.8) is 0 Å². The topological polar surface area (TPSA) is 12.9 Å². The van der Waals surface area contributed by atoms with Gasteiger partial charge in [-0.3, -0.25) is 4.98 Å². The van der Waals surface area contributed by atoms with Crippen LogP contribution in [0, 0.1) is 5.92 Å². The van der Waals surface area contributed by atoms with Gasteiger partial charge in [0.25, 0.3) is 0 Å². The van der Waals surface area contributed by atoms with Crippen LogP contribution in [0.2, 0.25) is 6.32 Å². The third kappa shape index (κ3) is 3.61. The van der Waals surface area contributed by atoms with E-state index in [9.17, 15) is 0 Å². The zero-order chi connectivity index (χ0) is 16.4. The minimum absolute atomic E-state index is 0.737. The Morgan fingerprint density at radius 1 is 1.25 bits per heavy atom. The average Bonchev–Trinajstić information content (AvgIpc) is 2.99. The molecular weight excluding hydrogens is 309 g/mol. The lowest BCUT2D eigenvalue weighted by molar-refractivity contribution is 0.551. The maximum absolute atomic E-state index is 4.23. The van der Waals surface area contributed by atoms with Crippen LogP contribution in [0.25, 0.3) is 0 Å². The number of aromatic nitrogens is 1. The van der Waals surface area contributed by atoms with E-state index in [1.54, 1.807) is 11.1 Å². The monoisotopic (exact) mass is 333 g/mol. The van der Waals surface area contributed by atoms with Gasteiger partial charge < -0.3 is 0 Å². The van der Waals surface area contributed by atoms with Crippen molar-refractivity contribution in [3.8, 4) is 0 Å². The molecule has 1 aliphatic carbocycles. The molecule has 1 atom stereocenters. The first kappa shape index (κ1) is 16.0. The van der Waals surface area contributed by atoms with Gasteiger partial charge in [-0.1, -0.05) is 36.8 Å². The Labute approximate surface area is 150 Å². The van der Waals surface area contributed by atoms with Crippen LogP contribution in [-0.4, -0.2) is 11.0 Å². The molecule has 0 radical (unpaired) electrons. The Bertz CT molecular complexity index is 741. The molecule has 0 saturated heterocycles. The number of pyridine rings is 1. The van der Waals surface area contributed by atoms with Crippen LogP contribution in [0.5, 0.6) is 0 Å². The van der Waals surface area contributed by atoms with Crippen LogP contribution in [0.3, 0.4) is 0 Å². The molecule has 1 aromatic carbocycles. The van der Waals surface area contributed by atoms with Gasteiger partial charge in [0.1, 0.15) is 0 Å². The van der Waals surface area contributed by atoms with Crippen molar-refractivity contribution >= 4 is 17.6 Å². The van der Waals surface area contributed by atoms with Crippen molar-refractivity contribution in [2.24, 2.45) is 5.92 Å². The molecular formula is C21H24BNS. The SMILES string of the molecule is CC1CCCC=C1CB1Cc2cc(Cc3cccnc3)ccc2S1. The highest BCUT2D eigenvalue weighted by Gasteiger charge is 2.28. The lowest BCUT2D eigenvalue weighted by Gasteiger charge is -2.21. The molecule has 2 heterocycles. The summed E-state index contributed by atoms with van der Waals surface area (Å²) >= 11 is 2.09. The maximum atomic E-state index is 4.23. The zero-order valence-electron chi connectivity index (χ0n) is 14.4. The van der Waals surface area contributed by atoms with Gasteiger partial charge >= 0.3 is 0 Å². The van der Waals surface area contributed by atoms with E-state index in [-0.39, 0.29) is 0 Å². The summed E-state index contributed by atoms with van der Waals surface area (Å²) in [5, 5.41) is 0. The first-order valence-corrected chi connectivity index (χ1v) is 10.0. The van der Waals surface area contributed by atoms with Gasteiger partial charge in [-0.2, -0.15) is 11.6 Å². The molecule has 0 fully saturated rings. The zero-order valence-corrected chi connectivity index (χ0v) is 15.2. The highest BCUT2D eigenvalue weighted by molar-refractivity contribution is 8.26. The van der Waals surface area contributed by atoms with Crippen LogP contribution < -0.4 is 0 Å². The van der Waals surface area contributed by atoms with E-state index < -0.39 is 0 Å². The molecule has 0 saturated carbocycles. The quantitative estimate of drug-likeness (QED) is 0.534. The second kappa shape index (κ2) is 7.19. The Kier molecular flexibility index (Phi) is 4.80. The maximum Gasteiger partial charge on any atom is 0.224 e. The van der Waals surface area contributed by atoms with Crippen LogP contribution in [0.4, 0.5) is 0 Å². The van der Waals surface area contributed by atoms with Crippen molar-refractivity contribution < 1.29 is 0 Å². The normalized spacial score (nSPS) is 20.0. The molecule has 2 aromatic rings. The highest BCUT2D eigenvalue weighted by Crippen LogP contribution is 2.40. The van der Waals surface area contributed by atoms with E-state index >= 15 is 0 Å². The number of benzene rings is 1. The molecule has 4 rings (SSSR count). The van der Waals surface area contributed by atoms with E-state index in [4.69, 9.17) is 0 Å². The minimum Gasteiger partial charge on any atom is -0.264 e. The lowest BCUT2D eigenvalue weighted by atomic mass is 9.62. The summed E-state index contributed by atoms with van der Waals surface area (Å²) in [5.41, 5.74) is 5.96. The number of nitrogens with zero attached hydrogens (tertiary/aromatic N) is 1. The Morgan fingerprint density at radius 3 is 3.04 bits per heavy atom. The third-order valence-corrected chi connectivity index (χ3v) is 6.66.